The van der Waals surface area contributed by atoms with E-state index in [-0.39, 0.29) is 11.2 Å². The van der Waals surface area contributed by atoms with E-state index in [2.05, 4.69) is 71.3 Å². The number of rotatable bonds is 12. The maximum Gasteiger partial charge on any atom is 0.123 e. The van der Waals surface area contributed by atoms with E-state index in [1.54, 1.807) is 0 Å². The average Bonchev–Trinajstić information content (AvgIpc) is 3.30. The lowest BCUT2D eigenvalue weighted by Gasteiger charge is -2.26. The van der Waals surface area contributed by atoms with E-state index in [9.17, 15) is 4.39 Å². The zero-order chi connectivity index (χ0) is 23.0. The minimum absolute atomic E-state index is 0.0324. The van der Waals surface area contributed by atoms with Gasteiger partial charge in [-0.2, -0.15) is 0 Å². The summed E-state index contributed by atoms with van der Waals surface area (Å²) in [6.45, 7) is 20.4. The van der Waals surface area contributed by atoms with Gasteiger partial charge in [0.25, 0.3) is 0 Å². The summed E-state index contributed by atoms with van der Waals surface area (Å²) in [5.41, 5.74) is 6.24. The first kappa shape index (κ1) is 24.9. The van der Waals surface area contributed by atoms with Gasteiger partial charge in [-0.25, -0.2) is 4.39 Å². The van der Waals surface area contributed by atoms with Gasteiger partial charge in [-0.05, 0) is 61.3 Å². The molecule has 1 aliphatic carbocycles. The van der Waals surface area contributed by atoms with Crippen molar-refractivity contribution >= 4 is 0 Å². The van der Waals surface area contributed by atoms with Gasteiger partial charge in [0.2, 0.25) is 0 Å². The topological polar surface area (TPSA) is 12.0 Å². The van der Waals surface area contributed by atoms with Crippen molar-refractivity contribution in [3.8, 4) is 0 Å². The zero-order valence-corrected chi connectivity index (χ0v) is 20.1. The fourth-order valence-corrected chi connectivity index (χ4v) is 4.96. The summed E-state index contributed by atoms with van der Waals surface area (Å²) < 4.78 is 13.3. The van der Waals surface area contributed by atoms with E-state index in [1.807, 2.05) is 18.2 Å². The lowest BCUT2D eigenvalue weighted by molar-refractivity contribution is 0.559. The Bertz CT molecular complexity index is 845. The number of nitrogens with one attached hydrogen (secondary N) is 1. The highest BCUT2D eigenvalue weighted by Crippen LogP contribution is 2.66. The van der Waals surface area contributed by atoms with Crippen molar-refractivity contribution in [3.63, 3.8) is 0 Å². The molecular weight excluding hydrogens is 381 g/mol. The first-order valence-corrected chi connectivity index (χ1v) is 11.7. The van der Waals surface area contributed by atoms with Crippen LogP contribution in [0.5, 0.6) is 0 Å². The van der Waals surface area contributed by atoms with Crippen molar-refractivity contribution < 1.29 is 4.39 Å². The summed E-state index contributed by atoms with van der Waals surface area (Å²) in [5, 5.41) is 3.74. The summed E-state index contributed by atoms with van der Waals surface area (Å²) in [5.74, 6) is 0.875. The van der Waals surface area contributed by atoms with Crippen LogP contribution in [0, 0.1) is 23.1 Å². The highest BCUT2D eigenvalue weighted by molar-refractivity contribution is 5.42. The Kier molecular flexibility index (Phi) is 9.10. The number of halogens is 1. The molecule has 1 nitrogen and oxygen atoms in total. The standard InChI is InChI=1S/C29H40FN/c1-8-11-26(12-9-2)21(4)18-19-31-28(13-10-3)29(23(6)24(29)7)22(5)20-25-14-16-27(30)17-15-25/h8,11,13-18,23-24,31H,1,5,9-10,12,19-20H2,2-4,6-7H3/b21-18-,26-11-,28-13-/t23-,24?,29?/m1/s1. The highest BCUT2D eigenvalue weighted by atomic mass is 19.1. The van der Waals surface area contributed by atoms with E-state index in [0.29, 0.717) is 11.8 Å². The maximum absolute atomic E-state index is 13.3. The monoisotopic (exact) mass is 421 g/mol. The molecule has 3 atom stereocenters. The highest BCUT2D eigenvalue weighted by Gasteiger charge is 2.62. The van der Waals surface area contributed by atoms with E-state index in [4.69, 9.17) is 0 Å². The molecule has 0 aromatic heterocycles. The van der Waals surface area contributed by atoms with Gasteiger partial charge >= 0.3 is 0 Å². The molecule has 1 aromatic rings. The molecule has 0 bridgehead atoms. The smallest absolute Gasteiger partial charge is 0.123 e. The molecule has 0 radical (unpaired) electrons. The van der Waals surface area contributed by atoms with Gasteiger partial charge < -0.3 is 5.32 Å². The summed E-state index contributed by atoms with van der Waals surface area (Å²) in [7, 11) is 0. The van der Waals surface area contributed by atoms with Gasteiger partial charge in [-0.15, -0.1) is 0 Å². The SMILES string of the molecule is C=C/C=C(CCC)\C(C)=C/CN/C(=C\CC)C1(C(=C)Cc2ccc(F)cc2)C(C)[C@H]1C. The molecule has 1 fully saturated rings. The van der Waals surface area contributed by atoms with E-state index < -0.39 is 0 Å². The van der Waals surface area contributed by atoms with Gasteiger partial charge in [0.15, 0.2) is 0 Å². The molecular formula is C29H40FN. The third-order valence-corrected chi connectivity index (χ3v) is 6.89. The fraction of sp³-hybridized carbons (Fsp3) is 0.448. The molecule has 0 spiro atoms. The Hall–Kier alpha value is -2.35. The minimum atomic E-state index is -0.194. The third kappa shape index (κ3) is 5.67. The lowest BCUT2D eigenvalue weighted by atomic mass is 9.84. The molecule has 0 heterocycles. The second-order valence-electron chi connectivity index (χ2n) is 8.82. The van der Waals surface area contributed by atoms with E-state index in [1.165, 1.54) is 34.5 Å². The van der Waals surface area contributed by atoms with Gasteiger partial charge in [0.05, 0.1) is 0 Å². The molecule has 168 valence electrons. The van der Waals surface area contributed by atoms with Gasteiger partial charge in [0.1, 0.15) is 5.82 Å². The van der Waals surface area contributed by atoms with Crippen LogP contribution in [-0.2, 0) is 6.42 Å². The quantitative estimate of drug-likeness (QED) is 0.267. The molecule has 31 heavy (non-hydrogen) atoms. The molecule has 0 saturated heterocycles. The number of hydrogen-bond acceptors (Lipinski definition) is 1. The van der Waals surface area contributed by atoms with Crippen molar-refractivity contribution in [1.29, 1.82) is 0 Å². The summed E-state index contributed by atoms with van der Waals surface area (Å²) in [6.07, 6.45) is 12.5. The Morgan fingerprint density at radius 1 is 1.13 bits per heavy atom. The predicted molar refractivity (Wildman–Crippen MR) is 133 cm³/mol. The minimum Gasteiger partial charge on any atom is -0.384 e. The normalized spacial score (nSPS) is 24.1. The summed E-state index contributed by atoms with van der Waals surface area (Å²) >= 11 is 0. The number of allylic oxidation sites excluding steroid dienone is 6. The van der Waals surface area contributed by atoms with Crippen molar-refractivity contribution in [1.82, 2.24) is 5.32 Å². The second-order valence-corrected chi connectivity index (χ2v) is 8.82. The number of hydrogen-bond donors (Lipinski definition) is 1. The van der Waals surface area contributed by atoms with Gasteiger partial charge in [-0.1, -0.05) is 94.9 Å². The molecule has 1 aliphatic rings. The fourth-order valence-electron chi connectivity index (χ4n) is 4.96. The van der Waals surface area contributed by atoms with Crippen LogP contribution in [0.2, 0.25) is 0 Å². The Labute approximate surface area is 189 Å². The molecule has 2 rings (SSSR count). The summed E-state index contributed by atoms with van der Waals surface area (Å²) in [6, 6.07) is 6.81. The van der Waals surface area contributed by atoms with Crippen LogP contribution in [0.15, 0.2) is 84.1 Å². The largest absolute Gasteiger partial charge is 0.384 e. The first-order chi connectivity index (χ1) is 14.8. The van der Waals surface area contributed by atoms with Crippen LogP contribution in [0.1, 0.15) is 59.4 Å². The third-order valence-electron chi connectivity index (χ3n) is 6.89. The molecule has 1 N–H and O–H groups in total. The van der Waals surface area contributed by atoms with Crippen molar-refractivity contribution in [2.75, 3.05) is 6.54 Å². The second kappa shape index (κ2) is 11.3. The molecule has 1 saturated carbocycles. The molecule has 2 unspecified atom stereocenters. The zero-order valence-electron chi connectivity index (χ0n) is 20.1. The van der Waals surface area contributed by atoms with Crippen molar-refractivity contribution in [2.24, 2.45) is 17.3 Å². The number of benzene rings is 1. The first-order valence-electron chi connectivity index (χ1n) is 11.7. The molecule has 0 amide bonds. The summed E-state index contributed by atoms with van der Waals surface area (Å²) in [4.78, 5) is 0. The Morgan fingerprint density at radius 3 is 2.29 bits per heavy atom. The molecule has 1 aromatic carbocycles. The van der Waals surface area contributed by atoms with Crippen LogP contribution in [0.25, 0.3) is 0 Å². The van der Waals surface area contributed by atoms with Crippen LogP contribution >= 0.6 is 0 Å². The van der Waals surface area contributed by atoms with E-state index >= 15 is 0 Å². The maximum atomic E-state index is 13.3. The van der Waals surface area contributed by atoms with E-state index in [0.717, 1.165) is 37.8 Å². The van der Waals surface area contributed by atoms with Crippen molar-refractivity contribution in [3.05, 3.63) is 95.5 Å². The van der Waals surface area contributed by atoms with Gasteiger partial charge in [0, 0.05) is 17.7 Å². The van der Waals surface area contributed by atoms with Crippen molar-refractivity contribution in [2.45, 2.75) is 60.3 Å². The predicted octanol–water partition coefficient (Wildman–Crippen LogP) is 7.94. The molecule has 2 heteroatoms. The van der Waals surface area contributed by atoms with Crippen LogP contribution < -0.4 is 5.32 Å². The Balaban J connectivity index is 2.20. The average molecular weight is 422 g/mol. The van der Waals surface area contributed by atoms with Crippen LogP contribution in [0.3, 0.4) is 0 Å². The lowest BCUT2D eigenvalue weighted by Crippen LogP contribution is -2.26. The molecule has 0 aliphatic heterocycles. The Morgan fingerprint density at radius 2 is 1.77 bits per heavy atom. The van der Waals surface area contributed by atoms with Gasteiger partial charge in [-0.3, -0.25) is 0 Å². The van der Waals surface area contributed by atoms with Crippen LogP contribution in [-0.4, -0.2) is 6.54 Å². The van der Waals surface area contributed by atoms with Crippen LogP contribution in [0.4, 0.5) is 4.39 Å².